The summed E-state index contributed by atoms with van der Waals surface area (Å²) < 4.78 is 39.4. The highest BCUT2D eigenvalue weighted by atomic mass is 19.4. The average Bonchev–Trinajstić information content (AvgIpc) is 2.72. The molecule has 0 radical (unpaired) electrons. The molecule has 1 amide bonds. The maximum Gasteiger partial charge on any atom is 0.405 e. The van der Waals surface area contributed by atoms with Gasteiger partial charge in [0.1, 0.15) is 6.04 Å². The molecule has 0 bridgehead atoms. The Bertz CT molecular complexity index is 348. The number of rotatable bonds is 3. The Morgan fingerprint density at radius 1 is 1.30 bits per heavy atom. The zero-order chi connectivity index (χ0) is 14.8. The third-order valence-corrected chi connectivity index (χ3v) is 4.29. The summed E-state index contributed by atoms with van der Waals surface area (Å²) in [6.07, 6.45) is -2.17. The van der Waals surface area contributed by atoms with Gasteiger partial charge in [-0.2, -0.15) is 13.2 Å². The van der Waals surface area contributed by atoms with E-state index >= 15 is 0 Å². The number of likely N-dealkylation sites (tertiary alicyclic amines) is 1. The Hall–Kier alpha value is -0.820. The largest absolute Gasteiger partial charge is 0.405 e. The average molecular weight is 293 g/mol. The van der Waals surface area contributed by atoms with Gasteiger partial charge in [-0.3, -0.25) is 14.6 Å². The summed E-state index contributed by atoms with van der Waals surface area (Å²) >= 11 is 0. The highest BCUT2D eigenvalue weighted by Crippen LogP contribution is 2.28. The predicted octanol–water partition coefficient (Wildman–Crippen LogP) is 1.22. The molecule has 0 aromatic carbocycles. The fraction of sp³-hybridized carbons (Fsp3) is 0.923. The van der Waals surface area contributed by atoms with Gasteiger partial charge in [0.05, 0.1) is 0 Å². The zero-order valence-corrected chi connectivity index (χ0v) is 11.7. The molecule has 7 heteroatoms. The van der Waals surface area contributed by atoms with Gasteiger partial charge in [0.25, 0.3) is 0 Å². The van der Waals surface area contributed by atoms with E-state index in [1.165, 1.54) is 4.90 Å². The van der Waals surface area contributed by atoms with E-state index in [1.807, 2.05) is 6.92 Å². The van der Waals surface area contributed by atoms with Crippen molar-refractivity contribution in [2.24, 2.45) is 0 Å². The minimum Gasteiger partial charge on any atom is -0.354 e. The van der Waals surface area contributed by atoms with Crippen LogP contribution in [-0.2, 0) is 4.79 Å². The summed E-state index contributed by atoms with van der Waals surface area (Å²) in [5.74, 6) is -0.291. The van der Waals surface area contributed by atoms with Crippen LogP contribution in [0.3, 0.4) is 0 Å². The third kappa shape index (κ3) is 3.63. The van der Waals surface area contributed by atoms with Gasteiger partial charge < -0.3 is 5.32 Å². The number of carbonyl (C=O) groups is 1. The monoisotopic (exact) mass is 293 g/mol. The van der Waals surface area contributed by atoms with Gasteiger partial charge in [0, 0.05) is 32.1 Å². The van der Waals surface area contributed by atoms with Crippen LogP contribution in [0, 0.1) is 0 Å². The Labute approximate surface area is 117 Å². The molecule has 0 saturated carbocycles. The molecule has 20 heavy (non-hydrogen) atoms. The molecular weight excluding hydrogens is 271 g/mol. The number of hydrogen-bond acceptors (Lipinski definition) is 3. The standard InChI is InChI=1S/C13H22F3N3O/c1-2-18-6-3-4-10(18)9-19-7-5-12(20)17-8-11(19)13(14,15)16/h10-11H,2-9H2,1H3,(H,17,20). The van der Waals surface area contributed by atoms with Crippen molar-refractivity contribution in [3.8, 4) is 0 Å². The molecule has 2 rings (SSSR count). The van der Waals surface area contributed by atoms with Crippen LogP contribution < -0.4 is 5.32 Å². The fourth-order valence-corrected chi connectivity index (χ4v) is 3.16. The van der Waals surface area contributed by atoms with E-state index < -0.39 is 12.2 Å². The van der Waals surface area contributed by atoms with E-state index in [-0.39, 0.29) is 31.5 Å². The summed E-state index contributed by atoms with van der Waals surface area (Å²) in [7, 11) is 0. The van der Waals surface area contributed by atoms with Crippen molar-refractivity contribution in [3.05, 3.63) is 0 Å². The lowest BCUT2D eigenvalue weighted by molar-refractivity contribution is -0.182. The number of hydrogen-bond donors (Lipinski definition) is 1. The molecule has 0 aromatic rings. The molecule has 116 valence electrons. The van der Waals surface area contributed by atoms with Crippen molar-refractivity contribution in [3.63, 3.8) is 0 Å². The summed E-state index contributed by atoms with van der Waals surface area (Å²) in [5.41, 5.74) is 0. The molecule has 0 aliphatic carbocycles. The first-order valence-corrected chi connectivity index (χ1v) is 7.23. The number of amides is 1. The van der Waals surface area contributed by atoms with Crippen LogP contribution in [0.15, 0.2) is 0 Å². The van der Waals surface area contributed by atoms with Crippen LogP contribution in [0.2, 0.25) is 0 Å². The summed E-state index contributed by atoms with van der Waals surface area (Å²) in [6.45, 7) is 4.11. The molecule has 0 aromatic heterocycles. The lowest BCUT2D eigenvalue weighted by Crippen LogP contribution is -2.53. The van der Waals surface area contributed by atoms with Crippen LogP contribution in [0.1, 0.15) is 26.2 Å². The molecule has 0 spiro atoms. The molecule has 1 N–H and O–H groups in total. The molecular formula is C13H22F3N3O. The minimum atomic E-state index is -4.30. The number of nitrogens with zero attached hydrogens (tertiary/aromatic N) is 2. The second-order valence-electron chi connectivity index (χ2n) is 5.53. The van der Waals surface area contributed by atoms with E-state index in [9.17, 15) is 18.0 Å². The van der Waals surface area contributed by atoms with Gasteiger partial charge in [-0.15, -0.1) is 0 Å². The van der Waals surface area contributed by atoms with Crippen LogP contribution in [-0.4, -0.2) is 66.7 Å². The topological polar surface area (TPSA) is 35.6 Å². The van der Waals surface area contributed by atoms with Crippen molar-refractivity contribution < 1.29 is 18.0 Å². The lowest BCUT2D eigenvalue weighted by Gasteiger charge is -2.35. The number of alkyl halides is 3. The molecule has 2 unspecified atom stereocenters. The first-order chi connectivity index (χ1) is 9.41. The number of carbonyl (C=O) groups excluding carboxylic acids is 1. The van der Waals surface area contributed by atoms with Crippen molar-refractivity contribution in [2.75, 3.05) is 32.7 Å². The molecule has 2 heterocycles. The van der Waals surface area contributed by atoms with Crippen molar-refractivity contribution in [1.82, 2.24) is 15.1 Å². The van der Waals surface area contributed by atoms with Gasteiger partial charge >= 0.3 is 6.18 Å². The third-order valence-electron chi connectivity index (χ3n) is 4.29. The van der Waals surface area contributed by atoms with Crippen molar-refractivity contribution >= 4 is 5.91 Å². The van der Waals surface area contributed by atoms with Crippen molar-refractivity contribution in [1.29, 1.82) is 0 Å². The maximum atomic E-state index is 13.1. The SMILES string of the molecule is CCN1CCCC1CN1CCC(=O)NCC1C(F)(F)F. The summed E-state index contributed by atoms with van der Waals surface area (Å²) in [5, 5.41) is 2.37. The smallest absolute Gasteiger partial charge is 0.354 e. The van der Waals surface area contributed by atoms with Gasteiger partial charge in [-0.25, -0.2) is 0 Å². The minimum absolute atomic E-state index is 0.144. The van der Waals surface area contributed by atoms with Gasteiger partial charge in [0.2, 0.25) is 5.91 Å². The quantitative estimate of drug-likeness (QED) is 0.850. The lowest BCUT2D eigenvalue weighted by atomic mass is 10.1. The Morgan fingerprint density at radius 3 is 2.70 bits per heavy atom. The van der Waals surface area contributed by atoms with E-state index in [0.717, 1.165) is 25.9 Å². The van der Waals surface area contributed by atoms with Gasteiger partial charge in [-0.05, 0) is 25.9 Å². The second kappa shape index (κ2) is 6.30. The number of nitrogens with one attached hydrogen (secondary N) is 1. The predicted molar refractivity (Wildman–Crippen MR) is 69.3 cm³/mol. The molecule has 4 nitrogen and oxygen atoms in total. The van der Waals surface area contributed by atoms with E-state index in [4.69, 9.17) is 0 Å². The normalized spacial score (nSPS) is 30.3. The number of halogens is 3. The van der Waals surface area contributed by atoms with Crippen LogP contribution >= 0.6 is 0 Å². The Morgan fingerprint density at radius 2 is 2.05 bits per heavy atom. The van der Waals surface area contributed by atoms with E-state index in [2.05, 4.69) is 10.2 Å². The molecule has 2 aliphatic heterocycles. The van der Waals surface area contributed by atoms with Gasteiger partial charge in [0.15, 0.2) is 0 Å². The Kier molecular flexibility index (Phi) is 4.90. The second-order valence-corrected chi connectivity index (χ2v) is 5.53. The van der Waals surface area contributed by atoms with Crippen LogP contribution in [0.5, 0.6) is 0 Å². The summed E-state index contributed by atoms with van der Waals surface area (Å²) in [4.78, 5) is 15.0. The summed E-state index contributed by atoms with van der Waals surface area (Å²) in [6, 6.07) is -1.38. The Balaban J connectivity index is 2.06. The molecule has 2 aliphatic rings. The fourth-order valence-electron chi connectivity index (χ4n) is 3.16. The highest BCUT2D eigenvalue weighted by molar-refractivity contribution is 5.76. The van der Waals surface area contributed by atoms with Crippen LogP contribution in [0.4, 0.5) is 13.2 Å². The first kappa shape index (κ1) is 15.6. The van der Waals surface area contributed by atoms with Crippen LogP contribution in [0.25, 0.3) is 0 Å². The zero-order valence-electron chi connectivity index (χ0n) is 11.7. The first-order valence-electron chi connectivity index (χ1n) is 7.23. The molecule has 2 saturated heterocycles. The van der Waals surface area contributed by atoms with E-state index in [0.29, 0.717) is 6.54 Å². The van der Waals surface area contributed by atoms with Crippen molar-refractivity contribution in [2.45, 2.75) is 44.4 Å². The maximum absolute atomic E-state index is 13.1. The number of likely N-dealkylation sites (N-methyl/N-ethyl adjacent to an activating group) is 1. The highest BCUT2D eigenvalue weighted by Gasteiger charge is 2.45. The van der Waals surface area contributed by atoms with Gasteiger partial charge in [-0.1, -0.05) is 6.92 Å². The molecule has 2 fully saturated rings. The van der Waals surface area contributed by atoms with E-state index in [1.54, 1.807) is 0 Å². The molecule has 2 atom stereocenters.